The molecule has 1 saturated carbocycles. The molecule has 1 fully saturated rings. The Morgan fingerprint density at radius 2 is 1.94 bits per heavy atom. The molecule has 0 bridgehead atoms. The Morgan fingerprint density at radius 1 is 1.19 bits per heavy atom. The van der Waals surface area contributed by atoms with Crippen LogP contribution in [0, 0.1) is 19.8 Å². The average Bonchev–Trinajstić information content (AvgIpc) is 3.39. The fourth-order valence-electron chi connectivity index (χ4n) is 4.79. The molecule has 5 heteroatoms. The molecule has 3 aromatic rings. The summed E-state index contributed by atoms with van der Waals surface area (Å²) in [6.07, 6.45) is 5.75. The quantitative estimate of drug-likeness (QED) is 0.383. The summed E-state index contributed by atoms with van der Waals surface area (Å²) in [5, 5.41) is 0.728. The Balaban J connectivity index is 1.74. The minimum Gasteiger partial charge on any atom is -0.331 e. The van der Waals surface area contributed by atoms with Gasteiger partial charge < -0.3 is 9.47 Å². The van der Waals surface area contributed by atoms with Crippen molar-refractivity contribution in [2.24, 2.45) is 5.92 Å². The summed E-state index contributed by atoms with van der Waals surface area (Å²) in [4.78, 5) is 20.7. The first-order chi connectivity index (χ1) is 15.3. The number of aromatic nitrogens is 2. The highest BCUT2D eigenvalue weighted by Gasteiger charge is 2.26. The Morgan fingerprint density at radius 3 is 2.66 bits per heavy atom. The first-order valence-corrected chi connectivity index (χ1v) is 12.2. The second-order valence-corrected chi connectivity index (χ2v) is 10.1. The van der Waals surface area contributed by atoms with Gasteiger partial charge in [0.2, 0.25) is 0 Å². The standard InChI is InChI=1S/C27H34ClN3O/c1-18(2)14-15-30(27(32)23-11-7-8-19(3)20(23)4)17-26-29-24-13-12-21(28)16-25(24)31(26)22-9-5-6-10-22/h7-8,11-13,16,18,22H,5-6,9-10,14-15,17H2,1-4H3. The molecule has 32 heavy (non-hydrogen) atoms. The first-order valence-electron chi connectivity index (χ1n) is 11.9. The lowest BCUT2D eigenvalue weighted by Gasteiger charge is -2.26. The van der Waals surface area contributed by atoms with Gasteiger partial charge in [0.05, 0.1) is 17.6 Å². The summed E-state index contributed by atoms with van der Waals surface area (Å²) >= 11 is 6.35. The monoisotopic (exact) mass is 451 g/mol. The molecule has 0 N–H and O–H groups in total. The maximum absolute atomic E-state index is 13.7. The first kappa shape index (κ1) is 22.8. The van der Waals surface area contributed by atoms with Gasteiger partial charge in [0, 0.05) is 23.2 Å². The number of hydrogen-bond acceptors (Lipinski definition) is 2. The van der Waals surface area contributed by atoms with Crippen molar-refractivity contribution in [2.75, 3.05) is 6.54 Å². The fourth-order valence-corrected chi connectivity index (χ4v) is 4.95. The van der Waals surface area contributed by atoms with Crippen LogP contribution in [0.5, 0.6) is 0 Å². The molecule has 1 aliphatic rings. The number of rotatable bonds is 7. The maximum atomic E-state index is 13.7. The number of benzene rings is 2. The number of hydrogen-bond donors (Lipinski definition) is 0. The van der Waals surface area contributed by atoms with Crippen molar-refractivity contribution in [3.05, 3.63) is 63.9 Å². The van der Waals surface area contributed by atoms with Crippen LogP contribution in [0.4, 0.5) is 0 Å². The molecule has 4 rings (SSSR count). The zero-order valence-corrected chi connectivity index (χ0v) is 20.5. The third-order valence-electron chi connectivity index (χ3n) is 6.85. The molecule has 0 saturated heterocycles. The third-order valence-corrected chi connectivity index (χ3v) is 7.08. The molecular weight excluding hydrogens is 418 g/mol. The Labute approximate surface area is 196 Å². The van der Waals surface area contributed by atoms with Crippen LogP contribution in [-0.4, -0.2) is 26.9 Å². The van der Waals surface area contributed by atoms with Gasteiger partial charge in [0.25, 0.3) is 5.91 Å². The van der Waals surface area contributed by atoms with Gasteiger partial charge in [-0.05, 0) is 74.4 Å². The third kappa shape index (κ3) is 4.71. The van der Waals surface area contributed by atoms with Crippen LogP contribution in [0.15, 0.2) is 36.4 Å². The van der Waals surface area contributed by atoms with Crippen LogP contribution < -0.4 is 0 Å². The number of imidazole rings is 1. The molecule has 1 amide bonds. The molecule has 1 aliphatic carbocycles. The summed E-state index contributed by atoms with van der Waals surface area (Å²) in [6, 6.07) is 12.3. The van der Waals surface area contributed by atoms with E-state index in [9.17, 15) is 4.79 Å². The van der Waals surface area contributed by atoms with Gasteiger partial charge in [-0.25, -0.2) is 4.98 Å². The lowest BCUT2D eigenvalue weighted by Crippen LogP contribution is -2.34. The zero-order valence-electron chi connectivity index (χ0n) is 19.7. The van der Waals surface area contributed by atoms with Gasteiger partial charge >= 0.3 is 0 Å². The Kier molecular flexibility index (Phi) is 6.90. The number of carbonyl (C=O) groups excluding carboxylic acids is 1. The van der Waals surface area contributed by atoms with E-state index >= 15 is 0 Å². The van der Waals surface area contributed by atoms with E-state index in [1.807, 2.05) is 42.2 Å². The molecule has 0 unspecified atom stereocenters. The van der Waals surface area contributed by atoms with Crippen molar-refractivity contribution in [3.63, 3.8) is 0 Å². The molecule has 0 spiro atoms. The van der Waals surface area contributed by atoms with E-state index in [4.69, 9.17) is 16.6 Å². The van der Waals surface area contributed by atoms with E-state index in [0.717, 1.165) is 64.4 Å². The predicted molar refractivity (Wildman–Crippen MR) is 132 cm³/mol. The number of fused-ring (bicyclic) bond motifs is 1. The number of halogens is 1. The van der Waals surface area contributed by atoms with E-state index in [2.05, 4.69) is 31.4 Å². The highest BCUT2D eigenvalue weighted by molar-refractivity contribution is 6.31. The smallest absolute Gasteiger partial charge is 0.254 e. The molecule has 0 atom stereocenters. The highest BCUT2D eigenvalue weighted by atomic mass is 35.5. The average molecular weight is 452 g/mol. The summed E-state index contributed by atoms with van der Waals surface area (Å²) in [7, 11) is 0. The number of nitrogens with zero attached hydrogens (tertiary/aromatic N) is 3. The number of aryl methyl sites for hydroxylation is 1. The van der Waals surface area contributed by atoms with Crippen molar-refractivity contribution in [3.8, 4) is 0 Å². The normalized spacial score (nSPS) is 14.6. The lowest BCUT2D eigenvalue weighted by molar-refractivity contribution is 0.0727. The Bertz CT molecular complexity index is 1110. The molecule has 4 nitrogen and oxygen atoms in total. The van der Waals surface area contributed by atoms with Gasteiger partial charge in [0.1, 0.15) is 5.82 Å². The number of amides is 1. The zero-order chi connectivity index (χ0) is 22.8. The minimum atomic E-state index is 0.0925. The van der Waals surface area contributed by atoms with Crippen molar-refractivity contribution in [1.82, 2.24) is 14.5 Å². The van der Waals surface area contributed by atoms with Gasteiger partial charge in [-0.1, -0.05) is 50.4 Å². The van der Waals surface area contributed by atoms with E-state index in [1.54, 1.807) is 0 Å². The van der Waals surface area contributed by atoms with Crippen LogP contribution in [0.3, 0.4) is 0 Å². The molecular formula is C27H34ClN3O. The summed E-state index contributed by atoms with van der Waals surface area (Å²) < 4.78 is 2.37. The van der Waals surface area contributed by atoms with Crippen LogP contribution >= 0.6 is 11.6 Å². The fraction of sp³-hybridized carbons (Fsp3) is 0.481. The minimum absolute atomic E-state index is 0.0925. The molecule has 1 aromatic heterocycles. The summed E-state index contributed by atoms with van der Waals surface area (Å²) in [6.45, 7) is 9.75. The van der Waals surface area contributed by atoms with Gasteiger partial charge in [-0.15, -0.1) is 0 Å². The van der Waals surface area contributed by atoms with Crippen molar-refractivity contribution < 1.29 is 4.79 Å². The maximum Gasteiger partial charge on any atom is 0.254 e. The van der Waals surface area contributed by atoms with E-state index in [-0.39, 0.29) is 5.91 Å². The second kappa shape index (κ2) is 9.66. The van der Waals surface area contributed by atoms with Crippen LogP contribution in [0.2, 0.25) is 5.02 Å². The van der Waals surface area contributed by atoms with Crippen molar-refractivity contribution >= 4 is 28.5 Å². The van der Waals surface area contributed by atoms with Crippen molar-refractivity contribution in [1.29, 1.82) is 0 Å². The van der Waals surface area contributed by atoms with Crippen molar-refractivity contribution in [2.45, 2.75) is 72.4 Å². The summed E-state index contributed by atoms with van der Waals surface area (Å²) in [5.41, 5.74) is 5.04. The van der Waals surface area contributed by atoms with E-state index in [0.29, 0.717) is 18.5 Å². The van der Waals surface area contributed by atoms with Gasteiger partial charge in [-0.3, -0.25) is 4.79 Å². The lowest BCUT2D eigenvalue weighted by atomic mass is 10.0. The predicted octanol–water partition coefficient (Wildman–Crippen LogP) is 7.11. The van der Waals surface area contributed by atoms with Gasteiger partial charge in [-0.2, -0.15) is 0 Å². The molecule has 0 radical (unpaired) electrons. The second-order valence-electron chi connectivity index (χ2n) is 9.63. The summed E-state index contributed by atoms with van der Waals surface area (Å²) in [5.74, 6) is 1.59. The highest BCUT2D eigenvalue weighted by Crippen LogP contribution is 2.35. The van der Waals surface area contributed by atoms with E-state index in [1.165, 1.54) is 12.8 Å². The topological polar surface area (TPSA) is 38.1 Å². The van der Waals surface area contributed by atoms with Crippen LogP contribution in [0.1, 0.15) is 79.3 Å². The Hall–Kier alpha value is -2.33. The largest absolute Gasteiger partial charge is 0.331 e. The molecule has 2 aromatic carbocycles. The van der Waals surface area contributed by atoms with Gasteiger partial charge in [0.15, 0.2) is 0 Å². The number of carbonyl (C=O) groups is 1. The van der Waals surface area contributed by atoms with Crippen LogP contribution in [0.25, 0.3) is 11.0 Å². The molecule has 0 aliphatic heterocycles. The van der Waals surface area contributed by atoms with Crippen LogP contribution in [-0.2, 0) is 6.54 Å². The van der Waals surface area contributed by atoms with E-state index < -0.39 is 0 Å². The SMILES string of the molecule is Cc1cccc(C(=O)N(CCC(C)C)Cc2nc3ccc(Cl)cc3n2C2CCCC2)c1C. The molecule has 170 valence electrons. The molecule has 1 heterocycles.